The van der Waals surface area contributed by atoms with Gasteiger partial charge in [0.1, 0.15) is 11.5 Å². The summed E-state index contributed by atoms with van der Waals surface area (Å²) in [7, 11) is 1.60. The van der Waals surface area contributed by atoms with Crippen LogP contribution in [0.5, 0.6) is 5.75 Å². The van der Waals surface area contributed by atoms with Crippen molar-refractivity contribution in [1.82, 2.24) is 0 Å². The maximum absolute atomic E-state index is 13.6. The SMILES string of the molecule is CCc1ccc(C2/C(=C(\O)c3cc(C(C)C)c(OC)cc3C)C(=O)C(=O)N2c2ccc(NC(C)=O)cc2)cc1. The molecule has 3 aromatic rings. The topological polar surface area (TPSA) is 95.9 Å². The van der Waals surface area contributed by atoms with Gasteiger partial charge < -0.3 is 15.2 Å². The number of nitrogens with one attached hydrogen (secondary N) is 1. The molecular formula is C32H34N2O5. The molecule has 7 nitrogen and oxygen atoms in total. The summed E-state index contributed by atoms with van der Waals surface area (Å²) in [6, 6.07) is 17.3. The predicted octanol–water partition coefficient (Wildman–Crippen LogP) is 6.27. The zero-order chi connectivity index (χ0) is 28.4. The van der Waals surface area contributed by atoms with Gasteiger partial charge in [-0.15, -0.1) is 0 Å². The standard InChI is InChI=1S/C32H34N2O5/c1-7-21-8-10-22(11-9-21)29-28(30(36)26-17-25(18(2)3)27(39-6)16-19(26)4)31(37)32(38)34(29)24-14-12-23(13-15-24)33-20(5)35/h8-18,29,36H,7H2,1-6H3,(H,33,35)/b30-28+. The Labute approximate surface area is 229 Å². The molecule has 1 aliphatic heterocycles. The van der Waals surface area contributed by atoms with Crippen molar-refractivity contribution < 1.29 is 24.2 Å². The van der Waals surface area contributed by atoms with E-state index in [1.54, 1.807) is 31.4 Å². The van der Waals surface area contributed by atoms with Crippen molar-refractivity contribution in [2.75, 3.05) is 17.3 Å². The Kier molecular flexibility index (Phi) is 7.90. The number of amides is 2. The van der Waals surface area contributed by atoms with E-state index in [1.807, 2.05) is 57.2 Å². The van der Waals surface area contributed by atoms with Crippen molar-refractivity contribution in [3.05, 3.63) is 94.1 Å². The second kappa shape index (κ2) is 11.2. The van der Waals surface area contributed by atoms with Crippen molar-refractivity contribution in [3.63, 3.8) is 0 Å². The van der Waals surface area contributed by atoms with Gasteiger partial charge in [0.15, 0.2) is 0 Å². The van der Waals surface area contributed by atoms with Gasteiger partial charge in [0.25, 0.3) is 11.7 Å². The summed E-state index contributed by atoms with van der Waals surface area (Å²) in [5, 5.41) is 14.4. The number of benzene rings is 3. The number of anilines is 2. The van der Waals surface area contributed by atoms with Gasteiger partial charge in [0.05, 0.1) is 18.7 Å². The molecule has 39 heavy (non-hydrogen) atoms. The summed E-state index contributed by atoms with van der Waals surface area (Å²) in [6.45, 7) is 9.35. The van der Waals surface area contributed by atoms with Crippen LogP contribution in [0.4, 0.5) is 11.4 Å². The molecule has 0 radical (unpaired) electrons. The number of nitrogens with zero attached hydrogens (tertiary/aromatic N) is 1. The third kappa shape index (κ3) is 5.30. The average molecular weight is 527 g/mol. The van der Waals surface area contributed by atoms with Crippen LogP contribution in [0.25, 0.3) is 5.76 Å². The number of hydrogen-bond acceptors (Lipinski definition) is 5. The molecule has 1 fully saturated rings. The molecule has 1 heterocycles. The molecule has 0 aromatic heterocycles. The molecule has 2 amide bonds. The summed E-state index contributed by atoms with van der Waals surface area (Å²) < 4.78 is 5.55. The predicted molar refractivity (Wildman–Crippen MR) is 153 cm³/mol. The molecule has 2 N–H and O–H groups in total. The van der Waals surface area contributed by atoms with E-state index in [9.17, 15) is 19.5 Å². The van der Waals surface area contributed by atoms with Crippen LogP contribution < -0.4 is 15.0 Å². The number of aliphatic hydroxyl groups excluding tert-OH is 1. The Hall–Kier alpha value is -4.39. The van der Waals surface area contributed by atoms with Crippen LogP contribution in [-0.2, 0) is 20.8 Å². The first-order valence-electron chi connectivity index (χ1n) is 13.0. The van der Waals surface area contributed by atoms with E-state index in [0.717, 1.165) is 23.1 Å². The third-order valence-electron chi connectivity index (χ3n) is 7.07. The molecule has 0 aliphatic carbocycles. The van der Waals surface area contributed by atoms with Gasteiger partial charge in [-0.05, 0) is 77.9 Å². The lowest BCUT2D eigenvalue weighted by Crippen LogP contribution is -2.29. The van der Waals surface area contributed by atoms with Gasteiger partial charge in [0.2, 0.25) is 5.91 Å². The second-order valence-electron chi connectivity index (χ2n) is 10.1. The fourth-order valence-corrected chi connectivity index (χ4v) is 4.98. The number of carbonyl (C=O) groups is 3. The minimum Gasteiger partial charge on any atom is -0.507 e. The number of carbonyl (C=O) groups excluding carboxylic acids is 3. The monoisotopic (exact) mass is 526 g/mol. The van der Waals surface area contributed by atoms with Crippen LogP contribution in [0.15, 0.2) is 66.2 Å². The smallest absolute Gasteiger partial charge is 0.300 e. The van der Waals surface area contributed by atoms with Crippen LogP contribution in [0.1, 0.15) is 67.5 Å². The normalized spacial score (nSPS) is 16.6. The van der Waals surface area contributed by atoms with Crippen LogP contribution in [0.3, 0.4) is 0 Å². The number of Topliss-reactive ketones (excluding diaryl/α,β-unsaturated/α-hetero) is 1. The molecule has 1 atom stereocenters. The average Bonchev–Trinajstić information content (AvgIpc) is 3.18. The summed E-state index contributed by atoms with van der Waals surface area (Å²) >= 11 is 0. The highest BCUT2D eigenvalue weighted by molar-refractivity contribution is 6.51. The maximum atomic E-state index is 13.6. The third-order valence-corrected chi connectivity index (χ3v) is 7.07. The molecular weight excluding hydrogens is 492 g/mol. The minimum absolute atomic E-state index is 0.0261. The number of ketones is 1. The minimum atomic E-state index is -0.841. The van der Waals surface area contributed by atoms with Gasteiger partial charge in [-0.25, -0.2) is 0 Å². The zero-order valence-corrected chi connectivity index (χ0v) is 23.2. The highest BCUT2D eigenvalue weighted by atomic mass is 16.5. The molecule has 4 rings (SSSR count). The number of rotatable bonds is 7. The lowest BCUT2D eigenvalue weighted by Gasteiger charge is -2.26. The quantitative estimate of drug-likeness (QED) is 0.215. The molecule has 202 valence electrons. The molecule has 3 aromatic carbocycles. The highest BCUT2D eigenvalue weighted by Crippen LogP contribution is 2.43. The van der Waals surface area contributed by atoms with Crippen LogP contribution in [0.2, 0.25) is 0 Å². The summed E-state index contributed by atoms with van der Waals surface area (Å²) in [5.41, 5.74) is 4.98. The Morgan fingerprint density at radius 3 is 2.23 bits per heavy atom. The lowest BCUT2D eigenvalue weighted by atomic mass is 9.90. The Morgan fingerprint density at radius 1 is 1.05 bits per heavy atom. The Bertz CT molecular complexity index is 1450. The van der Waals surface area contributed by atoms with Gasteiger partial charge in [-0.1, -0.05) is 45.0 Å². The fraction of sp³-hybridized carbons (Fsp3) is 0.281. The van der Waals surface area contributed by atoms with Gasteiger partial charge in [-0.2, -0.15) is 0 Å². The van der Waals surface area contributed by atoms with Crippen molar-refractivity contribution in [1.29, 1.82) is 0 Å². The highest BCUT2D eigenvalue weighted by Gasteiger charge is 2.47. The second-order valence-corrected chi connectivity index (χ2v) is 10.1. The summed E-state index contributed by atoms with van der Waals surface area (Å²) in [6.07, 6.45) is 0.841. The van der Waals surface area contributed by atoms with Crippen LogP contribution in [0, 0.1) is 6.92 Å². The van der Waals surface area contributed by atoms with E-state index in [0.29, 0.717) is 28.3 Å². The first-order valence-corrected chi connectivity index (χ1v) is 13.0. The maximum Gasteiger partial charge on any atom is 0.300 e. The number of hydrogen-bond donors (Lipinski definition) is 2. The van der Waals surface area contributed by atoms with Crippen molar-refractivity contribution in [3.8, 4) is 5.75 Å². The first-order chi connectivity index (χ1) is 18.6. The number of aliphatic hydroxyl groups is 1. The van der Waals surface area contributed by atoms with E-state index >= 15 is 0 Å². The largest absolute Gasteiger partial charge is 0.507 e. The summed E-state index contributed by atoms with van der Waals surface area (Å²) in [5.74, 6) is -1.13. The number of aryl methyl sites for hydroxylation is 2. The van der Waals surface area contributed by atoms with E-state index < -0.39 is 17.7 Å². The fourth-order valence-electron chi connectivity index (χ4n) is 4.98. The van der Waals surface area contributed by atoms with Gasteiger partial charge in [0, 0.05) is 23.9 Å². The first kappa shape index (κ1) is 27.6. The zero-order valence-electron chi connectivity index (χ0n) is 23.2. The molecule has 1 unspecified atom stereocenters. The Balaban J connectivity index is 1.93. The van der Waals surface area contributed by atoms with Gasteiger partial charge in [-0.3, -0.25) is 19.3 Å². The van der Waals surface area contributed by atoms with E-state index in [4.69, 9.17) is 4.74 Å². The van der Waals surface area contributed by atoms with Gasteiger partial charge >= 0.3 is 0 Å². The van der Waals surface area contributed by atoms with E-state index in [2.05, 4.69) is 12.2 Å². The van der Waals surface area contributed by atoms with Crippen LogP contribution in [-0.4, -0.2) is 29.8 Å². The van der Waals surface area contributed by atoms with E-state index in [-0.39, 0.29) is 23.2 Å². The molecule has 0 saturated carbocycles. The molecule has 0 bridgehead atoms. The molecule has 7 heteroatoms. The Morgan fingerprint density at radius 2 is 1.69 bits per heavy atom. The van der Waals surface area contributed by atoms with Crippen molar-refractivity contribution in [2.24, 2.45) is 0 Å². The van der Waals surface area contributed by atoms with Crippen molar-refractivity contribution in [2.45, 2.75) is 53.0 Å². The molecule has 1 saturated heterocycles. The molecule has 0 spiro atoms. The van der Waals surface area contributed by atoms with Crippen LogP contribution >= 0.6 is 0 Å². The number of ether oxygens (including phenoxy) is 1. The van der Waals surface area contributed by atoms with Crippen molar-refractivity contribution >= 4 is 34.7 Å². The molecule has 1 aliphatic rings. The number of methoxy groups -OCH3 is 1. The summed E-state index contributed by atoms with van der Waals surface area (Å²) in [4.78, 5) is 40.0. The lowest BCUT2D eigenvalue weighted by molar-refractivity contribution is -0.132. The van der Waals surface area contributed by atoms with E-state index in [1.165, 1.54) is 11.8 Å².